The van der Waals surface area contributed by atoms with Gasteiger partial charge in [-0.05, 0) is 24.3 Å². The van der Waals surface area contributed by atoms with Gasteiger partial charge in [0.2, 0.25) is 5.91 Å². The lowest BCUT2D eigenvalue weighted by atomic mass is 10.2. The maximum absolute atomic E-state index is 13.7. The molecule has 0 bridgehead atoms. The Labute approximate surface area is 142 Å². The number of aromatic nitrogens is 1. The predicted molar refractivity (Wildman–Crippen MR) is 87.9 cm³/mol. The molecule has 0 atom stereocenters. The maximum atomic E-state index is 13.7. The van der Waals surface area contributed by atoms with E-state index >= 15 is 0 Å². The molecule has 0 radical (unpaired) electrons. The molecule has 1 heterocycles. The van der Waals surface area contributed by atoms with Crippen molar-refractivity contribution >= 4 is 40.9 Å². The average Bonchev–Trinajstić information content (AvgIpc) is 2.49. The fraction of sp³-hybridized carbons (Fsp3) is 0.200. The van der Waals surface area contributed by atoms with E-state index in [4.69, 9.17) is 23.2 Å². The minimum absolute atomic E-state index is 0.112. The van der Waals surface area contributed by atoms with Crippen molar-refractivity contribution in [2.45, 2.75) is 11.6 Å². The molecule has 0 fully saturated rings. The molecule has 0 unspecified atom stereocenters. The Bertz CT molecular complexity index is 664. The number of carbonyl (C=O) groups excluding carboxylic acids is 1. The summed E-state index contributed by atoms with van der Waals surface area (Å²) in [6, 6.07) is 7.88. The Balaban J connectivity index is 1.97. The van der Waals surface area contributed by atoms with Crippen molar-refractivity contribution in [1.82, 2.24) is 9.88 Å². The number of hydrogen-bond acceptors (Lipinski definition) is 3. The molecule has 0 N–H and O–H groups in total. The molecule has 0 aliphatic rings. The van der Waals surface area contributed by atoms with E-state index in [2.05, 4.69) is 4.98 Å². The fourth-order valence-corrected chi connectivity index (χ4v) is 3.06. The molecule has 7 heteroatoms. The molecule has 0 spiro atoms. The van der Waals surface area contributed by atoms with Crippen LogP contribution in [-0.4, -0.2) is 28.6 Å². The van der Waals surface area contributed by atoms with Crippen molar-refractivity contribution < 1.29 is 9.18 Å². The highest BCUT2D eigenvalue weighted by molar-refractivity contribution is 8.00. The van der Waals surface area contributed by atoms with E-state index in [0.717, 1.165) is 0 Å². The summed E-state index contributed by atoms with van der Waals surface area (Å²) < 4.78 is 13.7. The number of carbonyl (C=O) groups is 1. The summed E-state index contributed by atoms with van der Waals surface area (Å²) in [7, 11) is 1.60. The molecule has 2 aromatic rings. The van der Waals surface area contributed by atoms with Gasteiger partial charge in [0.15, 0.2) is 0 Å². The van der Waals surface area contributed by atoms with Gasteiger partial charge in [-0.25, -0.2) is 9.37 Å². The zero-order valence-corrected chi connectivity index (χ0v) is 14.1. The number of rotatable bonds is 5. The molecule has 1 amide bonds. The third kappa shape index (κ3) is 4.35. The molecular weight excluding hydrogens is 346 g/mol. The first kappa shape index (κ1) is 17.1. The molecule has 0 aliphatic carbocycles. The summed E-state index contributed by atoms with van der Waals surface area (Å²) in [5.41, 5.74) is 0.306. The Morgan fingerprint density at radius 3 is 2.68 bits per heavy atom. The lowest BCUT2D eigenvalue weighted by Crippen LogP contribution is -2.28. The van der Waals surface area contributed by atoms with E-state index in [0.29, 0.717) is 20.6 Å². The SMILES string of the molecule is CN(Cc1c(F)cccc1Cl)C(=O)CSc1ncccc1Cl. The first-order chi connectivity index (χ1) is 10.5. The van der Waals surface area contributed by atoms with Crippen molar-refractivity contribution in [3.8, 4) is 0 Å². The van der Waals surface area contributed by atoms with E-state index in [-0.39, 0.29) is 18.2 Å². The highest BCUT2D eigenvalue weighted by atomic mass is 35.5. The molecule has 1 aromatic carbocycles. The van der Waals surface area contributed by atoms with E-state index in [1.165, 1.54) is 28.8 Å². The number of thioether (sulfide) groups is 1. The van der Waals surface area contributed by atoms with Crippen molar-refractivity contribution in [3.63, 3.8) is 0 Å². The first-order valence-electron chi connectivity index (χ1n) is 6.39. The van der Waals surface area contributed by atoms with Gasteiger partial charge in [-0.3, -0.25) is 4.79 Å². The van der Waals surface area contributed by atoms with Gasteiger partial charge in [0.05, 0.1) is 10.8 Å². The standard InChI is InChI=1S/C15H13Cl2FN2OS/c1-20(8-10-11(16)4-2-6-13(10)18)14(21)9-22-15-12(17)5-3-7-19-15/h2-7H,8-9H2,1H3. The van der Waals surface area contributed by atoms with Crippen LogP contribution in [0.5, 0.6) is 0 Å². The second-order valence-electron chi connectivity index (χ2n) is 4.53. The van der Waals surface area contributed by atoms with Crippen LogP contribution < -0.4 is 0 Å². The number of amides is 1. The van der Waals surface area contributed by atoms with Crippen LogP contribution in [0.25, 0.3) is 0 Å². The molecule has 0 saturated carbocycles. The van der Waals surface area contributed by atoms with E-state index in [1.807, 2.05) is 0 Å². The quantitative estimate of drug-likeness (QED) is 0.748. The number of hydrogen-bond donors (Lipinski definition) is 0. The van der Waals surface area contributed by atoms with Gasteiger partial charge in [0.1, 0.15) is 10.8 Å². The number of halogens is 3. The molecule has 0 saturated heterocycles. The zero-order valence-electron chi connectivity index (χ0n) is 11.7. The van der Waals surface area contributed by atoms with Crippen LogP contribution in [0.3, 0.4) is 0 Å². The van der Waals surface area contributed by atoms with Gasteiger partial charge in [-0.15, -0.1) is 0 Å². The summed E-state index contributed by atoms with van der Waals surface area (Å²) in [6.45, 7) is 0.112. The topological polar surface area (TPSA) is 33.2 Å². The molecule has 1 aromatic heterocycles. The van der Waals surface area contributed by atoms with Crippen molar-refractivity contribution in [1.29, 1.82) is 0 Å². The molecule has 116 valence electrons. The van der Waals surface area contributed by atoms with Crippen LogP contribution >= 0.6 is 35.0 Å². The fourth-order valence-electron chi connectivity index (χ4n) is 1.73. The van der Waals surface area contributed by atoms with Gasteiger partial charge in [-0.1, -0.05) is 41.0 Å². The first-order valence-corrected chi connectivity index (χ1v) is 8.13. The lowest BCUT2D eigenvalue weighted by Gasteiger charge is -2.18. The molecular formula is C15H13Cl2FN2OS. The Morgan fingerprint density at radius 1 is 1.27 bits per heavy atom. The second-order valence-corrected chi connectivity index (χ2v) is 6.31. The summed E-state index contributed by atoms with van der Waals surface area (Å²) in [5, 5.41) is 1.40. The predicted octanol–water partition coefficient (Wildman–Crippen LogP) is 4.28. The van der Waals surface area contributed by atoms with Gasteiger partial charge in [0.25, 0.3) is 0 Å². The van der Waals surface area contributed by atoms with Crippen LogP contribution in [0.1, 0.15) is 5.56 Å². The van der Waals surface area contributed by atoms with Gasteiger partial charge in [0, 0.05) is 30.4 Å². The summed E-state index contributed by atoms with van der Waals surface area (Å²) >= 11 is 13.2. The van der Waals surface area contributed by atoms with Gasteiger partial charge >= 0.3 is 0 Å². The van der Waals surface area contributed by atoms with Crippen LogP contribution in [0.2, 0.25) is 10.0 Å². The largest absolute Gasteiger partial charge is 0.341 e. The smallest absolute Gasteiger partial charge is 0.233 e. The highest BCUT2D eigenvalue weighted by Crippen LogP contribution is 2.25. The molecule has 3 nitrogen and oxygen atoms in total. The van der Waals surface area contributed by atoms with E-state index in [9.17, 15) is 9.18 Å². The maximum Gasteiger partial charge on any atom is 0.233 e. The third-order valence-electron chi connectivity index (χ3n) is 2.94. The summed E-state index contributed by atoms with van der Waals surface area (Å²) in [5.74, 6) is -0.419. The van der Waals surface area contributed by atoms with E-state index < -0.39 is 5.82 Å². The molecule has 2 rings (SSSR count). The Hall–Kier alpha value is -1.30. The lowest BCUT2D eigenvalue weighted by molar-refractivity contribution is -0.127. The number of benzene rings is 1. The number of pyridine rings is 1. The van der Waals surface area contributed by atoms with Crippen LogP contribution in [0.15, 0.2) is 41.6 Å². The average molecular weight is 359 g/mol. The van der Waals surface area contributed by atoms with Gasteiger partial charge < -0.3 is 4.90 Å². The second kappa shape index (κ2) is 7.81. The van der Waals surface area contributed by atoms with Crippen molar-refractivity contribution in [3.05, 3.63) is 58.0 Å². The highest BCUT2D eigenvalue weighted by Gasteiger charge is 2.15. The Morgan fingerprint density at radius 2 is 2.00 bits per heavy atom. The van der Waals surface area contributed by atoms with Crippen LogP contribution in [0, 0.1) is 5.82 Å². The third-order valence-corrected chi connectivity index (χ3v) is 4.70. The van der Waals surface area contributed by atoms with Crippen molar-refractivity contribution in [2.75, 3.05) is 12.8 Å². The van der Waals surface area contributed by atoms with Crippen LogP contribution in [0.4, 0.5) is 4.39 Å². The summed E-state index contributed by atoms with van der Waals surface area (Å²) in [4.78, 5) is 17.6. The monoisotopic (exact) mass is 358 g/mol. The van der Waals surface area contributed by atoms with Crippen LogP contribution in [-0.2, 0) is 11.3 Å². The minimum atomic E-state index is -0.424. The summed E-state index contributed by atoms with van der Waals surface area (Å²) in [6.07, 6.45) is 1.61. The van der Waals surface area contributed by atoms with Gasteiger partial charge in [-0.2, -0.15) is 0 Å². The Kier molecular flexibility index (Phi) is 6.06. The minimum Gasteiger partial charge on any atom is -0.341 e. The molecule has 22 heavy (non-hydrogen) atoms. The number of nitrogens with zero attached hydrogens (tertiary/aromatic N) is 2. The van der Waals surface area contributed by atoms with Crippen molar-refractivity contribution in [2.24, 2.45) is 0 Å². The molecule has 0 aliphatic heterocycles. The van der Waals surface area contributed by atoms with E-state index in [1.54, 1.807) is 31.4 Å². The zero-order chi connectivity index (χ0) is 16.1. The normalized spacial score (nSPS) is 10.5.